The molecule has 9 aromatic rings. The van der Waals surface area contributed by atoms with E-state index < -0.39 is 0 Å². The van der Waals surface area contributed by atoms with E-state index in [1.807, 2.05) is 17.6 Å². The van der Waals surface area contributed by atoms with Gasteiger partial charge in [0.25, 0.3) is 0 Å². The van der Waals surface area contributed by atoms with Crippen LogP contribution < -0.4 is 0 Å². The fourth-order valence-corrected chi connectivity index (χ4v) is 7.93. The van der Waals surface area contributed by atoms with Crippen molar-refractivity contribution in [3.8, 4) is 33.4 Å². The van der Waals surface area contributed by atoms with Crippen molar-refractivity contribution in [3.63, 3.8) is 0 Å². The fourth-order valence-electron chi connectivity index (χ4n) is 6.70. The number of furan rings is 1. The van der Waals surface area contributed by atoms with Crippen LogP contribution in [0.5, 0.6) is 0 Å². The first-order valence-corrected chi connectivity index (χ1v) is 15.1. The Kier molecular flexibility index (Phi) is 5.13. The van der Waals surface area contributed by atoms with Crippen LogP contribution in [0.4, 0.5) is 0 Å². The summed E-state index contributed by atoms with van der Waals surface area (Å²) in [6.45, 7) is 0. The summed E-state index contributed by atoms with van der Waals surface area (Å²) < 4.78 is 8.62. The fraction of sp³-hybridized carbons (Fsp3) is 0. The SMILES string of the molecule is c1ccc(-c2c3ccccc3c(-c3ccc4sc5c(ccc6occ(-c7ccccc7)c65)c4c3)c3ccccc23)cc1. The maximum absolute atomic E-state index is 6.05. The largest absolute Gasteiger partial charge is 0.464 e. The Bertz CT molecular complexity index is 2390. The predicted molar refractivity (Wildman–Crippen MR) is 180 cm³/mol. The van der Waals surface area contributed by atoms with Gasteiger partial charge in [-0.2, -0.15) is 0 Å². The Hall–Kier alpha value is -5.18. The minimum atomic E-state index is 0.932. The molecule has 42 heavy (non-hydrogen) atoms. The molecule has 0 saturated heterocycles. The van der Waals surface area contributed by atoms with E-state index in [2.05, 4.69) is 140 Å². The number of benzene rings is 7. The van der Waals surface area contributed by atoms with Crippen LogP contribution in [0.3, 0.4) is 0 Å². The van der Waals surface area contributed by atoms with Gasteiger partial charge in [0, 0.05) is 31.1 Å². The van der Waals surface area contributed by atoms with E-state index in [4.69, 9.17) is 4.42 Å². The van der Waals surface area contributed by atoms with Crippen LogP contribution in [0.15, 0.2) is 150 Å². The monoisotopic (exact) mass is 552 g/mol. The average Bonchev–Trinajstić information content (AvgIpc) is 3.66. The first-order chi connectivity index (χ1) is 20.8. The zero-order valence-electron chi connectivity index (χ0n) is 22.7. The average molecular weight is 553 g/mol. The van der Waals surface area contributed by atoms with Gasteiger partial charge in [-0.15, -0.1) is 11.3 Å². The van der Waals surface area contributed by atoms with Gasteiger partial charge in [0.15, 0.2) is 0 Å². The summed E-state index contributed by atoms with van der Waals surface area (Å²) in [4.78, 5) is 0. The lowest BCUT2D eigenvalue weighted by atomic mass is 9.86. The summed E-state index contributed by atoms with van der Waals surface area (Å²) in [7, 11) is 0. The molecule has 1 nitrogen and oxygen atoms in total. The standard InChI is InChI=1S/C40H24OS/c1-3-11-25(12-4-1)34-24-41-35-21-20-32-33-23-27(19-22-36(33)42-40(32)39(34)35)38-30-17-9-7-15-28(30)37(26-13-5-2-6-14-26)29-16-8-10-18-31(29)38/h1-24H. The van der Waals surface area contributed by atoms with Gasteiger partial charge in [-0.25, -0.2) is 0 Å². The van der Waals surface area contributed by atoms with E-state index in [0.717, 1.165) is 11.1 Å². The first-order valence-electron chi connectivity index (χ1n) is 14.3. The molecular weight excluding hydrogens is 529 g/mol. The van der Waals surface area contributed by atoms with Gasteiger partial charge < -0.3 is 4.42 Å². The Labute approximate surface area is 246 Å². The molecule has 0 unspecified atom stereocenters. The molecule has 0 amide bonds. The highest BCUT2D eigenvalue weighted by Gasteiger charge is 2.19. The molecule has 2 heterocycles. The third kappa shape index (κ3) is 3.43. The second kappa shape index (κ2) is 9.17. The van der Waals surface area contributed by atoms with Crippen LogP contribution in [0, 0.1) is 0 Å². The minimum Gasteiger partial charge on any atom is -0.464 e. The van der Waals surface area contributed by atoms with Crippen molar-refractivity contribution >= 4 is 64.0 Å². The van der Waals surface area contributed by atoms with Crippen LogP contribution in [-0.4, -0.2) is 0 Å². The summed E-state index contributed by atoms with van der Waals surface area (Å²) in [5.41, 5.74) is 8.33. The van der Waals surface area contributed by atoms with Gasteiger partial charge >= 0.3 is 0 Å². The van der Waals surface area contributed by atoms with E-state index in [-0.39, 0.29) is 0 Å². The molecule has 2 heteroatoms. The maximum Gasteiger partial charge on any atom is 0.135 e. The summed E-state index contributed by atoms with van der Waals surface area (Å²) in [6, 6.07) is 50.4. The van der Waals surface area contributed by atoms with Crippen molar-refractivity contribution < 1.29 is 4.42 Å². The van der Waals surface area contributed by atoms with Crippen LogP contribution in [-0.2, 0) is 0 Å². The Morgan fingerprint density at radius 1 is 0.429 bits per heavy atom. The molecule has 0 bridgehead atoms. The van der Waals surface area contributed by atoms with Crippen LogP contribution in [0.25, 0.3) is 86.1 Å². The highest BCUT2D eigenvalue weighted by atomic mass is 32.1. The number of hydrogen-bond donors (Lipinski definition) is 0. The van der Waals surface area contributed by atoms with Gasteiger partial charge in [-0.05, 0) is 73.6 Å². The van der Waals surface area contributed by atoms with E-state index >= 15 is 0 Å². The third-order valence-electron chi connectivity index (χ3n) is 8.54. The highest BCUT2D eigenvalue weighted by Crippen LogP contribution is 2.47. The lowest BCUT2D eigenvalue weighted by Gasteiger charge is -2.17. The molecule has 0 aliphatic carbocycles. The molecule has 0 spiro atoms. The lowest BCUT2D eigenvalue weighted by molar-refractivity contribution is 0.617. The summed E-state index contributed by atoms with van der Waals surface area (Å²) in [5, 5.41) is 8.87. The predicted octanol–water partition coefficient (Wildman–Crippen LogP) is 12.1. The van der Waals surface area contributed by atoms with Gasteiger partial charge in [0.2, 0.25) is 0 Å². The normalized spacial score (nSPS) is 11.8. The number of fused-ring (bicyclic) bond motifs is 7. The van der Waals surface area contributed by atoms with Crippen molar-refractivity contribution in [1.82, 2.24) is 0 Å². The van der Waals surface area contributed by atoms with E-state index in [1.165, 1.54) is 74.9 Å². The summed E-state index contributed by atoms with van der Waals surface area (Å²) in [6.07, 6.45) is 1.90. The van der Waals surface area contributed by atoms with Crippen molar-refractivity contribution in [2.24, 2.45) is 0 Å². The van der Waals surface area contributed by atoms with E-state index in [9.17, 15) is 0 Å². The van der Waals surface area contributed by atoms with Gasteiger partial charge in [0.05, 0.1) is 6.26 Å². The van der Waals surface area contributed by atoms with Crippen molar-refractivity contribution in [2.75, 3.05) is 0 Å². The summed E-state index contributed by atoms with van der Waals surface area (Å²) >= 11 is 1.86. The second-order valence-electron chi connectivity index (χ2n) is 10.9. The maximum atomic E-state index is 6.05. The van der Waals surface area contributed by atoms with Crippen LogP contribution in [0.2, 0.25) is 0 Å². The molecule has 0 fully saturated rings. The van der Waals surface area contributed by atoms with Gasteiger partial charge in [-0.3, -0.25) is 0 Å². The topological polar surface area (TPSA) is 13.1 Å². The second-order valence-corrected chi connectivity index (χ2v) is 11.9. The third-order valence-corrected chi connectivity index (χ3v) is 9.75. The first kappa shape index (κ1) is 23.5. The molecule has 0 N–H and O–H groups in total. The zero-order valence-corrected chi connectivity index (χ0v) is 23.5. The lowest BCUT2D eigenvalue weighted by Crippen LogP contribution is -1.90. The molecule has 9 rings (SSSR count). The molecule has 0 atom stereocenters. The van der Waals surface area contributed by atoms with E-state index in [0.29, 0.717) is 0 Å². The molecule has 0 radical (unpaired) electrons. The minimum absolute atomic E-state index is 0.932. The molecule has 2 aromatic heterocycles. The molecule has 0 saturated carbocycles. The zero-order chi connectivity index (χ0) is 27.6. The molecule has 7 aromatic carbocycles. The Morgan fingerprint density at radius 3 is 1.64 bits per heavy atom. The smallest absolute Gasteiger partial charge is 0.135 e. The number of hydrogen-bond acceptors (Lipinski definition) is 2. The number of rotatable bonds is 3. The quantitative estimate of drug-likeness (QED) is 0.199. The highest BCUT2D eigenvalue weighted by molar-refractivity contribution is 7.26. The van der Waals surface area contributed by atoms with Crippen molar-refractivity contribution in [2.45, 2.75) is 0 Å². The molecule has 0 aliphatic rings. The molecule has 196 valence electrons. The van der Waals surface area contributed by atoms with Gasteiger partial charge in [0.1, 0.15) is 5.58 Å². The van der Waals surface area contributed by atoms with Gasteiger partial charge in [-0.1, -0.05) is 115 Å². The van der Waals surface area contributed by atoms with E-state index in [1.54, 1.807) is 0 Å². The summed E-state index contributed by atoms with van der Waals surface area (Å²) in [5.74, 6) is 0. The van der Waals surface area contributed by atoms with Crippen molar-refractivity contribution in [3.05, 3.63) is 146 Å². The Morgan fingerprint density at radius 2 is 1.00 bits per heavy atom. The van der Waals surface area contributed by atoms with Crippen molar-refractivity contribution in [1.29, 1.82) is 0 Å². The van der Waals surface area contributed by atoms with Crippen LogP contribution in [0.1, 0.15) is 0 Å². The molecule has 0 aliphatic heterocycles. The number of thiophene rings is 1. The Balaban J connectivity index is 1.34. The molecular formula is C40H24OS. The van der Waals surface area contributed by atoms with Crippen LogP contribution >= 0.6 is 11.3 Å².